The van der Waals surface area contributed by atoms with Crippen molar-refractivity contribution in [2.45, 2.75) is 16.4 Å². The summed E-state index contributed by atoms with van der Waals surface area (Å²) in [5.41, 5.74) is 0. The molecule has 23 heavy (non-hydrogen) atoms. The van der Waals surface area contributed by atoms with Crippen molar-refractivity contribution < 1.29 is 12.8 Å². The van der Waals surface area contributed by atoms with Gasteiger partial charge in [0.25, 0.3) is 0 Å². The van der Waals surface area contributed by atoms with Crippen molar-refractivity contribution in [3.8, 4) is 0 Å². The molecule has 2 heterocycles. The van der Waals surface area contributed by atoms with Crippen LogP contribution in [-0.2, 0) is 16.3 Å². The average Bonchev–Trinajstić information content (AvgIpc) is 3.08. The number of hydrogen-bond donors (Lipinski definition) is 1. The maximum atomic E-state index is 12.5. The molecule has 1 N–H and O–H groups in total. The molecule has 0 atom stereocenters. The van der Waals surface area contributed by atoms with Gasteiger partial charge in [-0.3, -0.25) is 0 Å². The number of aromatic nitrogens is 2. The molecule has 3 rings (SSSR count). The minimum Gasteiger partial charge on any atom is -0.449 e. The molecule has 0 bridgehead atoms. The van der Waals surface area contributed by atoms with Crippen LogP contribution in [0.1, 0.15) is 11.6 Å². The van der Waals surface area contributed by atoms with Crippen LogP contribution < -0.4 is 0 Å². The van der Waals surface area contributed by atoms with Gasteiger partial charge in [0.15, 0.2) is 5.15 Å². The second-order valence-electron chi connectivity index (χ2n) is 4.64. The van der Waals surface area contributed by atoms with E-state index in [0.29, 0.717) is 16.6 Å². The van der Waals surface area contributed by atoms with Crippen LogP contribution in [-0.4, -0.2) is 18.4 Å². The van der Waals surface area contributed by atoms with E-state index in [1.807, 2.05) is 0 Å². The highest BCUT2D eigenvalue weighted by Crippen LogP contribution is 2.25. The predicted octanol–water partition coefficient (Wildman–Crippen LogP) is 4.39. The molecule has 0 radical (unpaired) electrons. The van der Waals surface area contributed by atoms with Crippen molar-refractivity contribution in [2.24, 2.45) is 0 Å². The molecule has 1 aromatic carbocycles. The van der Waals surface area contributed by atoms with Gasteiger partial charge in [-0.15, -0.1) is 0 Å². The van der Waals surface area contributed by atoms with E-state index < -0.39 is 9.84 Å². The molecular formula is C14H9Cl3N2O3S. The van der Waals surface area contributed by atoms with Crippen LogP contribution in [0, 0.1) is 0 Å². The lowest BCUT2D eigenvalue weighted by atomic mass is 10.3. The number of aromatic amines is 1. The van der Waals surface area contributed by atoms with Crippen LogP contribution in [0.4, 0.5) is 0 Å². The molecule has 0 saturated carbocycles. The van der Waals surface area contributed by atoms with E-state index in [4.69, 9.17) is 39.2 Å². The highest BCUT2D eigenvalue weighted by atomic mass is 35.5. The highest BCUT2D eigenvalue weighted by Gasteiger charge is 2.22. The van der Waals surface area contributed by atoms with E-state index in [-0.39, 0.29) is 26.7 Å². The number of hydrogen-bond acceptors (Lipinski definition) is 4. The lowest BCUT2D eigenvalue weighted by Crippen LogP contribution is -2.00. The maximum Gasteiger partial charge on any atom is 0.239 e. The number of furan rings is 1. The fourth-order valence-electron chi connectivity index (χ4n) is 1.95. The Morgan fingerprint density at radius 2 is 1.74 bits per heavy atom. The summed E-state index contributed by atoms with van der Waals surface area (Å²) in [6.07, 6.45) is 0.239. The first-order chi connectivity index (χ1) is 10.9. The van der Waals surface area contributed by atoms with Gasteiger partial charge in [0.2, 0.25) is 14.9 Å². The monoisotopic (exact) mass is 390 g/mol. The number of rotatable bonds is 4. The van der Waals surface area contributed by atoms with Crippen LogP contribution in [0.15, 0.2) is 50.8 Å². The van der Waals surface area contributed by atoms with Crippen molar-refractivity contribution in [1.82, 2.24) is 9.97 Å². The number of H-pyrrole nitrogens is 1. The lowest BCUT2D eigenvalue weighted by Gasteiger charge is -2.01. The summed E-state index contributed by atoms with van der Waals surface area (Å²) in [4.78, 5) is 6.88. The zero-order chi connectivity index (χ0) is 16.6. The zero-order valence-electron chi connectivity index (χ0n) is 11.4. The quantitative estimate of drug-likeness (QED) is 0.716. The summed E-state index contributed by atoms with van der Waals surface area (Å²) in [7, 11) is -3.74. The predicted molar refractivity (Wildman–Crippen MR) is 87.0 cm³/mol. The van der Waals surface area contributed by atoms with Crippen molar-refractivity contribution in [2.75, 3.05) is 0 Å². The van der Waals surface area contributed by atoms with Gasteiger partial charge in [-0.1, -0.05) is 34.8 Å². The number of sulfone groups is 1. The Morgan fingerprint density at radius 3 is 2.35 bits per heavy atom. The van der Waals surface area contributed by atoms with Crippen molar-refractivity contribution in [1.29, 1.82) is 0 Å². The van der Waals surface area contributed by atoms with Crippen LogP contribution in [0.5, 0.6) is 0 Å². The topological polar surface area (TPSA) is 76.0 Å². The Kier molecular flexibility index (Phi) is 4.42. The van der Waals surface area contributed by atoms with E-state index in [1.54, 1.807) is 6.07 Å². The first kappa shape index (κ1) is 16.4. The largest absolute Gasteiger partial charge is 0.449 e. The lowest BCUT2D eigenvalue weighted by molar-refractivity contribution is 0.419. The molecule has 0 amide bonds. The summed E-state index contributed by atoms with van der Waals surface area (Å²) in [6.45, 7) is 0. The normalized spacial score (nSPS) is 11.8. The van der Waals surface area contributed by atoms with Gasteiger partial charge in [-0.05, 0) is 36.4 Å². The Hall–Kier alpha value is -1.47. The van der Waals surface area contributed by atoms with Gasteiger partial charge in [0.1, 0.15) is 16.7 Å². The van der Waals surface area contributed by atoms with Gasteiger partial charge in [0, 0.05) is 5.02 Å². The van der Waals surface area contributed by atoms with Crippen molar-refractivity contribution in [3.63, 3.8) is 0 Å². The minimum absolute atomic E-state index is 0.104. The smallest absolute Gasteiger partial charge is 0.239 e. The molecule has 2 aromatic heterocycles. The SMILES string of the molecule is O=S(=O)(c1ccc(Cl)cc1)c1ccc(Cc2nc(Cl)c(Cl)[nH]2)o1. The standard InChI is InChI=1S/C14H9Cl3N2O3S/c15-8-1-4-10(5-2-8)23(20,21)12-6-3-9(22-12)7-11-18-13(16)14(17)19-11/h1-6H,7H2,(H,18,19). The van der Waals surface area contributed by atoms with Crippen molar-refractivity contribution >= 4 is 44.6 Å². The van der Waals surface area contributed by atoms with E-state index in [2.05, 4.69) is 9.97 Å². The van der Waals surface area contributed by atoms with Gasteiger partial charge in [0.05, 0.1) is 11.3 Å². The van der Waals surface area contributed by atoms with Gasteiger partial charge < -0.3 is 9.40 Å². The first-order valence-electron chi connectivity index (χ1n) is 6.35. The van der Waals surface area contributed by atoms with E-state index in [0.717, 1.165) is 0 Å². The van der Waals surface area contributed by atoms with Crippen molar-refractivity contribution in [3.05, 3.63) is 63.3 Å². The Bertz CT molecular complexity index is 927. The molecule has 3 aromatic rings. The summed E-state index contributed by atoms with van der Waals surface area (Å²) in [5, 5.41) is 0.679. The van der Waals surface area contributed by atoms with E-state index in [1.165, 1.54) is 30.3 Å². The van der Waals surface area contributed by atoms with Crippen LogP contribution in [0.25, 0.3) is 0 Å². The Labute approximate surface area is 147 Å². The van der Waals surface area contributed by atoms with Crippen LogP contribution >= 0.6 is 34.8 Å². The van der Waals surface area contributed by atoms with Crippen LogP contribution in [0.2, 0.25) is 15.3 Å². The fraction of sp³-hybridized carbons (Fsp3) is 0.0714. The molecule has 0 spiro atoms. The number of nitrogens with one attached hydrogen (secondary N) is 1. The third-order valence-electron chi connectivity index (χ3n) is 3.04. The molecule has 120 valence electrons. The molecule has 0 aliphatic heterocycles. The first-order valence-corrected chi connectivity index (χ1v) is 8.97. The van der Waals surface area contributed by atoms with Crippen LogP contribution in [0.3, 0.4) is 0 Å². The molecule has 0 aliphatic rings. The van der Waals surface area contributed by atoms with Gasteiger partial charge in [-0.25, -0.2) is 13.4 Å². The molecule has 0 aliphatic carbocycles. The fourth-order valence-corrected chi connectivity index (χ4v) is 3.57. The highest BCUT2D eigenvalue weighted by molar-refractivity contribution is 7.91. The third kappa shape index (κ3) is 3.40. The molecule has 5 nitrogen and oxygen atoms in total. The molecule has 0 unspecified atom stereocenters. The Morgan fingerprint density at radius 1 is 1.04 bits per heavy atom. The molecule has 0 fully saturated rings. The third-order valence-corrected chi connectivity index (χ3v) is 5.57. The summed E-state index contributed by atoms with van der Waals surface area (Å²) < 4.78 is 30.4. The number of nitrogens with zero attached hydrogens (tertiary/aromatic N) is 1. The van der Waals surface area contributed by atoms with E-state index >= 15 is 0 Å². The Balaban J connectivity index is 1.87. The summed E-state index contributed by atoms with van der Waals surface area (Å²) >= 11 is 17.3. The number of benzene rings is 1. The van der Waals surface area contributed by atoms with Gasteiger partial charge >= 0.3 is 0 Å². The maximum absolute atomic E-state index is 12.5. The zero-order valence-corrected chi connectivity index (χ0v) is 14.5. The summed E-state index contributed by atoms with van der Waals surface area (Å²) in [6, 6.07) is 8.81. The summed E-state index contributed by atoms with van der Waals surface area (Å²) in [5.74, 6) is 0.893. The molecule has 0 saturated heterocycles. The minimum atomic E-state index is -3.74. The molecule has 9 heteroatoms. The van der Waals surface area contributed by atoms with Gasteiger partial charge in [-0.2, -0.15) is 0 Å². The second-order valence-corrected chi connectivity index (χ2v) is 7.70. The average molecular weight is 392 g/mol. The van der Waals surface area contributed by atoms with E-state index in [9.17, 15) is 8.42 Å². The second kappa shape index (κ2) is 6.20. The number of imidazole rings is 1. The number of halogens is 3. The molecular weight excluding hydrogens is 383 g/mol.